The Balaban J connectivity index is 1.20. The summed E-state index contributed by atoms with van der Waals surface area (Å²) in [6.45, 7) is 8.15. The summed E-state index contributed by atoms with van der Waals surface area (Å²) >= 11 is 0. The van der Waals surface area contributed by atoms with E-state index in [1.54, 1.807) is 4.90 Å². The highest BCUT2D eigenvalue weighted by Crippen LogP contribution is 2.33. The molecule has 2 aliphatic heterocycles. The summed E-state index contributed by atoms with van der Waals surface area (Å²) in [7, 11) is 0. The van der Waals surface area contributed by atoms with Gasteiger partial charge in [0.25, 0.3) is 0 Å². The standard InChI is InChI=1S/C32H41N3O5/c1-23(2)18-32(31(38)39)21-34(15-16-35(32)19-30(36)37)26-11-13-33(14-12-26)22-40-20-29-27-9-5-3-7-24(27)17-25-8-4-6-10-28(25)29/h3-10,17,23,26H,11-16,18-22H2,1-2H3,(H,36,37)(H,38,39). The Morgan fingerprint density at radius 1 is 0.950 bits per heavy atom. The van der Waals surface area contributed by atoms with Crippen LogP contribution in [0.15, 0.2) is 54.6 Å². The van der Waals surface area contributed by atoms with Gasteiger partial charge in [-0.15, -0.1) is 0 Å². The zero-order valence-corrected chi connectivity index (χ0v) is 23.6. The third kappa shape index (κ3) is 6.00. The lowest BCUT2D eigenvalue weighted by molar-refractivity contribution is -0.163. The van der Waals surface area contributed by atoms with Crippen LogP contribution in [0.5, 0.6) is 0 Å². The molecule has 0 aliphatic carbocycles. The number of piperazine rings is 1. The van der Waals surface area contributed by atoms with E-state index in [2.05, 4.69) is 64.4 Å². The van der Waals surface area contributed by atoms with Crippen molar-refractivity contribution in [1.29, 1.82) is 0 Å². The largest absolute Gasteiger partial charge is 0.480 e. The first kappa shape index (κ1) is 28.5. The monoisotopic (exact) mass is 547 g/mol. The van der Waals surface area contributed by atoms with Gasteiger partial charge in [0.2, 0.25) is 0 Å². The van der Waals surface area contributed by atoms with E-state index < -0.39 is 17.5 Å². The first-order valence-corrected chi connectivity index (χ1v) is 14.4. The molecule has 2 fully saturated rings. The Labute approximate surface area is 236 Å². The molecule has 2 aliphatic rings. The topological polar surface area (TPSA) is 93.6 Å². The third-order valence-electron chi connectivity index (χ3n) is 8.67. The fourth-order valence-corrected chi connectivity index (χ4v) is 6.80. The molecule has 3 aromatic rings. The lowest BCUT2D eigenvalue weighted by atomic mass is 9.83. The molecule has 3 aromatic carbocycles. The summed E-state index contributed by atoms with van der Waals surface area (Å²) in [5, 5.41) is 24.7. The molecule has 0 radical (unpaired) electrons. The maximum absolute atomic E-state index is 12.6. The predicted octanol–water partition coefficient (Wildman–Crippen LogP) is 4.50. The summed E-state index contributed by atoms with van der Waals surface area (Å²) in [5.41, 5.74) is 0.0460. The number of nitrogens with zero attached hydrogens (tertiary/aromatic N) is 3. The van der Waals surface area contributed by atoms with Gasteiger partial charge >= 0.3 is 11.9 Å². The van der Waals surface area contributed by atoms with Crippen LogP contribution in [-0.2, 0) is 20.9 Å². The molecule has 0 bridgehead atoms. The molecule has 2 N–H and O–H groups in total. The van der Waals surface area contributed by atoms with Crippen LogP contribution in [0, 0.1) is 5.92 Å². The molecule has 8 nitrogen and oxygen atoms in total. The Bertz CT molecular complexity index is 1300. The van der Waals surface area contributed by atoms with Gasteiger partial charge in [0.15, 0.2) is 0 Å². The third-order valence-corrected chi connectivity index (χ3v) is 8.67. The molecule has 1 atom stereocenters. The maximum Gasteiger partial charge on any atom is 0.325 e. The minimum atomic E-state index is -1.17. The number of fused-ring (bicyclic) bond motifs is 2. The second-order valence-electron chi connectivity index (χ2n) is 11.8. The van der Waals surface area contributed by atoms with Crippen LogP contribution >= 0.6 is 0 Å². The predicted molar refractivity (Wildman–Crippen MR) is 156 cm³/mol. The number of carbonyl (C=O) groups is 2. The van der Waals surface area contributed by atoms with Crippen molar-refractivity contribution in [2.24, 2.45) is 5.92 Å². The number of hydrogen-bond donors (Lipinski definition) is 2. The number of piperidine rings is 1. The van der Waals surface area contributed by atoms with Crippen molar-refractivity contribution in [3.63, 3.8) is 0 Å². The van der Waals surface area contributed by atoms with Crippen LogP contribution < -0.4 is 0 Å². The van der Waals surface area contributed by atoms with E-state index in [9.17, 15) is 19.8 Å². The molecule has 214 valence electrons. The van der Waals surface area contributed by atoms with Crippen molar-refractivity contribution in [3.05, 3.63) is 60.2 Å². The van der Waals surface area contributed by atoms with E-state index >= 15 is 0 Å². The van der Waals surface area contributed by atoms with Crippen LogP contribution in [0.3, 0.4) is 0 Å². The Hall–Kier alpha value is -3.04. The zero-order valence-electron chi connectivity index (χ0n) is 23.6. The first-order valence-electron chi connectivity index (χ1n) is 14.4. The Morgan fingerprint density at radius 2 is 1.57 bits per heavy atom. The van der Waals surface area contributed by atoms with Crippen LogP contribution in [0.4, 0.5) is 0 Å². The van der Waals surface area contributed by atoms with E-state index in [0.717, 1.165) is 25.9 Å². The van der Waals surface area contributed by atoms with Gasteiger partial charge in [-0.2, -0.15) is 0 Å². The fraction of sp³-hybridized carbons (Fsp3) is 0.500. The fourth-order valence-electron chi connectivity index (χ4n) is 6.80. The molecular formula is C32H41N3O5. The van der Waals surface area contributed by atoms with Gasteiger partial charge in [-0.3, -0.25) is 24.3 Å². The lowest BCUT2D eigenvalue weighted by Gasteiger charge is -2.51. The molecule has 2 saturated heterocycles. The van der Waals surface area contributed by atoms with Crippen LogP contribution in [-0.4, -0.2) is 94.4 Å². The minimum absolute atomic E-state index is 0.144. The van der Waals surface area contributed by atoms with Gasteiger partial charge in [-0.1, -0.05) is 62.4 Å². The first-order chi connectivity index (χ1) is 19.3. The normalized spacial score (nSPS) is 21.9. The number of carboxylic acids is 2. The smallest absolute Gasteiger partial charge is 0.325 e. The summed E-state index contributed by atoms with van der Waals surface area (Å²) in [5.74, 6) is -1.75. The van der Waals surface area contributed by atoms with Crippen molar-refractivity contribution < 1.29 is 24.5 Å². The average Bonchev–Trinajstić information content (AvgIpc) is 2.93. The van der Waals surface area contributed by atoms with Gasteiger partial charge in [-0.05, 0) is 58.4 Å². The summed E-state index contributed by atoms with van der Waals surface area (Å²) < 4.78 is 6.29. The Morgan fingerprint density at radius 3 is 2.15 bits per heavy atom. The molecule has 0 spiro atoms. The van der Waals surface area contributed by atoms with E-state index in [0.29, 0.717) is 39.4 Å². The summed E-state index contributed by atoms with van der Waals surface area (Å²) in [6.07, 6.45) is 2.31. The van der Waals surface area contributed by atoms with Gasteiger partial charge in [-0.25, -0.2) is 0 Å². The Kier molecular flexibility index (Phi) is 8.71. The van der Waals surface area contributed by atoms with Gasteiger partial charge in [0, 0.05) is 38.8 Å². The van der Waals surface area contributed by atoms with Crippen molar-refractivity contribution in [2.45, 2.75) is 51.3 Å². The van der Waals surface area contributed by atoms with Crippen molar-refractivity contribution in [3.8, 4) is 0 Å². The number of benzene rings is 3. The van der Waals surface area contributed by atoms with Crippen LogP contribution in [0.1, 0.15) is 38.7 Å². The van der Waals surface area contributed by atoms with E-state index in [1.165, 1.54) is 27.1 Å². The number of hydrogen-bond acceptors (Lipinski definition) is 6. The molecule has 2 heterocycles. The number of carboxylic acid groups (broad SMARTS) is 2. The molecule has 0 amide bonds. The van der Waals surface area contributed by atoms with Crippen molar-refractivity contribution >= 4 is 33.5 Å². The number of ether oxygens (including phenoxy) is 1. The highest BCUT2D eigenvalue weighted by Gasteiger charge is 2.50. The van der Waals surface area contributed by atoms with Crippen LogP contribution in [0.25, 0.3) is 21.5 Å². The van der Waals surface area contributed by atoms with E-state index in [4.69, 9.17) is 4.74 Å². The molecule has 0 saturated carbocycles. The van der Waals surface area contributed by atoms with Gasteiger partial charge in [0.05, 0.1) is 19.9 Å². The van der Waals surface area contributed by atoms with Crippen LogP contribution in [0.2, 0.25) is 0 Å². The maximum atomic E-state index is 12.6. The highest BCUT2D eigenvalue weighted by molar-refractivity contribution is 6.02. The molecule has 1 unspecified atom stereocenters. The number of rotatable bonds is 10. The molecule has 5 rings (SSSR count). The van der Waals surface area contributed by atoms with Crippen molar-refractivity contribution in [1.82, 2.24) is 14.7 Å². The zero-order chi connectivity index (χ0) is 28.3. The van der Waals surface area contributed by atoms with Gasteiger partial charge < -0.3 is 14.9 Å². The molecular weight excluding hydrogens is 506 g/mol. The second kappa shape index (κ2) is 12.2. The van der Waals surface area contributed by atoms with Gasteiger partial charge in [0.1, 0.15) is 5.54 Å². The minimum Gasteiger partial charge on any atom is -0.480 e. The SMILES string of the molecule is CC(C)CC1(C(=O)O)CN(C2CCN(COCc3c4ccccc4cc4ccccc34)CC2)CCN1CC(=O)O. The summed E-state index contributed by atoms with van der Waals surface area (Å²) in [6, 6.07) is 19.5. The molecule has 8 heteroatoms. The lowest BCUT2D eigenvalue weighted by Crippen LogP contribution is -2.69. The summed E-state index contributed by atoms with van der Waals surface area (Å²) in [4.78, 5) is 30.4. The molecule has 40 heavy (non-hydrogen) atoms. The quantitative estimate of drug-likeness (QED) is 0.359. The second-order valence-corrected chi connectivity index (χ2v) is 11.8. The van der Waals surface area contributed by atoms with E-state index in [1.807, 2.05) is 13.8 Å². The molecule has 0 aromatic heterocycles. The number of aliphatic carboxylic acids is 2. The average molecular weight is 548 g/mol. The highest BCUT2D eigenvalue weighted by atomic mass is 16.5. The van der Waals surface area contributed by atoms with E-state index in [-0.39, 0.29) is 18.5 Å². The van der Waals surface area contributed by atoms with Crippen molar-refractivity contribution in [2.75, 3.05) is 46.0 Å². The number of likely N-dealkylation sites (tertiary alicyclic amines) is 1.